The number of primary amides is 1. The van der Waals surface area contributed by atoms with E-state index in [1.54, 1.807) is 24.3 Å². The van der Waals surface area contributed by atoms with Gasteiger partial charge in [-0.05, 0) is 12.1 Å². The molecule has 1 aromatic heterocycles. The van der Waals surface area contributed by atoms with Gasteiger partial charge in [-0.25, -0.2) is 4.79 Å². The Kier molecular flexibility index (Phi) is 2.13. The minimum Gasteiger partial charge on any atom is -0.440 e. The van der Waals surface area contributed by atoms with E-state index in [2.05, 4.69) is 5.32 Å². The van der Waals surface area contributed by atoms with Crippen LogP contribution in [0.5, 0.6) is 0 Å². The lowest BCUT2D eigenvalue weighted by Gasteiger charge is -2.01. The molecule has 0 saturated carbocycles. The van der Waals surface area contributed by atoms with Crippen molar-refractivity contribution in [2.24, 2.45) is 5.73 Å². The van der Waals surface area contributed by atoms with Gasteiger partial charge in [0.25, 0.3) is 0 Å². The molecule has 15 heavy (non-hydrogen) atoms. The molecule has 0 aliphatic rings. The number of rotatable bonds is 1. The van der Waals surface area contributed by atoms with Crippen molar-refractivity contribution in [3.05, 3.63) is 40.6 Å². The fraction of sp³-hybridized carbons (Fsp3) is 0. The number of nitrogens with one attached hydrogen (secondary N) is 1. The third-order valence-corrected chi connectivity index (χ3v) is 1.88. The van der Waals surface area contributed by atoms with Gasteiger partial charge >= 0.3 is 6.03 Å². The molecule has 2 rings (SSSR count). The van der Waals surface area contributed by atoms with Crippen molar-refractivity contribution < 1.29 is 9.21 Å². The number of nitrogens with two attached hydrogens (primary N) is 1. The van der Waals surface area contributed by atoms with Crippen LogP contribution in [-0.4, -0.2) is 6.03 Å². The number of urea groups is 1. The summed E-state index contributed by atoms with van der Waals surface area (Å²) in [6.07, 6.45) is 0. The fourth-order valence-electron chi connectivity index (χ4n) is 1.29. The molecule has 5 nitrogen and oxygen atoms in total. The van der Waals surface area contributed by atoms with E-state index < -0.39 is 6.03 Å². The van der Waals surface area contributed by atoms with E-state index >= 15 is 0 Å². The molecule has 76 valence electrons. The van der Waals surface area contributed by atoms with E-state index in [-0.39, 0.29) is 11.3 Å². The van der Waals surface area contributed by atoms with Crippen LogP contribution in [0, 0.1) is 0 Å². The molecule has 2 aromatic rings. The maximum absolute atomic E-state index is 11.5. The Morgan fingerprint density at radius 2 is 2.07 bits per heavy atom. The zero-order valence-electron chi connectivity index (χ0n) is 7.69. The Morgan fingerprint density at radius 1 is 1.33 bits per heavy atom. The van der Waals surface area contributed by atoms with Gasteiger partial charge in [-0.1, -0.05) is 12.1 Å². The maximum Gasteiger partial charge on any atom is 0.318 e. The van der Waals surface area contributed by atoms with Gasteiger partial charge in [0.1, 0.15) is 5.58 Å². The molecule has 0 atom stereocenters. The fourth-order valence-corrected chi connectivity index (χ4v) is 1.29. The molecule has 0 unspecified atom stereocenters. The number of hydrogen-bond acceptors (Lipinski definition) is 3. The van der Waals surface area contributed by atoms with Gasteiger partial charge in [0, 0.05) is 6.07 Å². The summed E-state index contributed by atoms with van der Waals surface area (Å²) < 4.78 is 5.24. The Labute approximate surface area is 84.5 Å². The van der Waals surface area contributed by atoms with Crippen LogP contribution in [0.15, 0.2) is 39.5 Å². The molecular formula is C10H8N2O3. The van der Waals surface area contributed by atoms with Crippen molar-refractivity contribution >= 4 is 22.9 Å². The van der Waals surface area contributed by atoms with Crippen molar-refractivity contribution in [1.82, 2.24) is 0 Å². The first-order chi connectivity index (χ1) is 7.16. The monoisotopic (exact) mass is 204 g/mol. The smallest absolute Gasteiger partial charge is 0.318 e. The zero-order chi connectivity index (χ0) is 10.8. The lowest BCUT2D eigenvalue weighted by molar-refractivity contribution is 0.259. The first kappa shape index (κ1) is 9.26. The van der Waals surface area contributed by atoms with Gasteiger partial charge in [-0.3, -0.25) is 10.1 Å². The predicted octanol–water partition coefficient (Wildman–Crippen LogP) is 1.28. The SMILES string of the molecule is NC(=O)Nc1cc(=O)c2ccccc2o1. The van der Waals surface area contributed by atoms with Crippen molar-refractivity contribution in [3.63, 3.8) is 0 Å². The van der Waals surface area contributed by atoms with E-state index in [0.29, 0.717) is 11.0 Å². The van der Waals surface area contributed by atoms with Crippen molar-refractivity contribution in [3.8, 4) is 0 Å². The van der Waals surface area contributed by atoms with Crippen molar-refractivity contribution in [2.45, 2.75) is 0 Å². The molecule has 0 aliphatic heterocycles. The van der Waals surface area contributed by atoms with Crippen LogP contribution >= 0.6 is 0 Å². The van der Waals surface area contributed by atoms with Gasteiger partial charge < -0.3 is 10.2 Å². The summed E-state index contributed by atoms with van der Waals surface area (Å²) >= 11 is 0. The molecule has 1 heterocycles. The molecule has 2 amide bonds. The number of para-hydroxylation sites is 1. The molecule has 5 heteroatoms. The molecule has 0 spiro atoms. The highest BCUT2D eigenvalue weighted by molar-refractivity contribution is 5.87. The molecule has 0 radical (unpaired) electrons. The Hall–Kier alpha value is -2.30. The van der Waals surface area contributed by atoms with Gasteiger partial charge in [0.05, 0.1) is 5.39 Å². The van der Waals surface area contributed by atoms with E-state index in [9.17, 15) is 9.59 Å². The Bertz CT molecular complexity index is 574. The van der Waals surface area contributed by atoms with E-state index in [0.717, 1.165) is 0 Å². The highest BCUT2D eigenvalue weighted by Gasteiger charge is 2.04. The summed E-state index contributed by atoms with van der Waals surface area (Å²) in [5, 5.41) is 2.68. The highest BCUT2D eigenvalue weighted by atomic mass is 16.3. The van der Waals surface area contributed by atoms with Crippen LogP contribution < -0.4 is 16.5 Å². The predicted molar refractivity (Wildman–Crippen MR) is 55.7 cm³/mol. The van der Waals surface area contributed by atoms with Crippen molar-refractivity contribution in [2.75, 3.05) is 5.32 Å². The minimum absolute atomic E-state index is 0.0474. The quantitative estimate of drug-likeness (QED) is 0.733. The second-order valence-electron chi connectivity index (χ2n) is 2.96. The molecule has 0 aliphatic carbocycles. The lowest BCUT2D eigenvalue weighted by Crippen LogP contribution is -2.20. The average Bonchev–Trinajstić information content (AvgIpc) is 2.16. The summed E-state index contributed by atoms with van der Waals surface area (Å²) in [5.74, 6) is 0.0474. The second kappa shape index (κ2) is 3.45. The third kappa shape index (κ3) is 1.80. The normalized spacial score (nSPS) is 10.1. The topological polar surface area (TPSA) is 85.3 Å². The first-order valence-electron chi connectivity index (χ1n) is 4.26. The van der Waals surface area contributed by atoms with E-state index in [4.69, 9.17) is 10.2 Å². The number of carbonyl (C=O) groups is 1. The van der Waals surface area contributed by atoms with Crippen LogP contribution in [0.1, 0.15) is 0 Å². The lowest BCUT2D eigenvalue weighted by atomic mass is 10.2. The molecule has 3 N–H and O–H groups in total. The number of anilines is 1. The second-order valence-corrected chi connectivity index (χ2v) is 2.96. The Morgan fingerprint density at radius 3 is 2.80 bits per heavy atom. The first-order valence-corrected chi connectivity index (χ1v) is 4.26. The molecule has 0 saturated heterocycles. The summed E-state index contributed by atoms with van der Waals surface area (Å²) in [4.78, 5) is 22.1. The van der Waals surface area contributed by atoms with Crippen LogP contribution in [0.25, 0.3) is 11.0 Å². The maximum atomic E-state index is 11.5. The molecule has 0 bridgehead atoms. The van der Waals surface area contributed by atoms with Crippen molar-refractivity contribution in [1.29, 1.82) is 0 Å². The number of benzene rings is 1. The van der Waals surface area contributed by atoms with Gasteiger partial charge in [-0.15, -0.1) is 0 Å². The summed E-state index contributed by atoms with van der Waals surface area (Å²) in [6.45, 7) is 0. The highest BCUT2D eigenvalue weighted by Crippen LogP contribution is 2.14. The standard InChI is InChI=1S/C10H8N2O3/c11-10(14)12-9-5-7(13)6-3-1-2-4-8(6)15-9/h1-5H,(H3,11,12,14). The zero-order valence-corrected chi connectivity index (χ0v) is 7.69. The van der Waals surface area contributed by atoms with E-state index in [1.165, 1.54) is 6.07 Å². The van der Waals surface area contributed by atoms with Crippen LogP contribution in [0.2, 0.25) is 0 Å². The van der Waals surface area contributed by atoms with E-state index in [1.807, 2.05) is 0 Å². The molecular weight excluding hydrogens is 196 g/mol. The third-order valence-electron chi connectivity index (χ3n) is 1.88. The molecule has 0 fully saturated rings. The van der Waals surface area contributed by atoms with Gasteiger partial charge in [0.15, 0.2) is 5.43 Å². The van der Waals surface area contributed by atoms with Gasteiger partial charge in [0.2, 0.25) is 5.88 Å². The average molecular weight is 204 g/mol. The summed E-state index contributed by atoms with van der Waals surface area (Å²) in [6, 6.07) is 7.18. The van der Waals surface area contributed by atoms with Gasteiger partial charge in [-0.2, -0.15) is 0 Å². The largest absolute Gasteiger partial charge is 0.440 e. The van der Waals surface area contributed by atoms with Crippen LogP contribution in [0.4, 0.5) is 10.7 Å². The molecule has 1 aromatic carbocycles. The number of fused-ring (bicyclic) bond motifs is 1. The van der Waals surface area contributed by atoms with Crippen LogP contribution in [-0.2, 0) is 0 Å². The summed E-state index contributed by atoms with van der Waals surface area (Å²) in [5.41, 5.74) is 5.10. The van der Waals surface area contributed by atoms with Crippen LogP contribution in [0.3, 0.4) is 0 Å². The number of hydrogen-bond donors (Lipinski definition) is 2. The number of amides is 2. The minimum atomic E-state index is -0.770. The number of carbonyl (C=O) groups excluding carboxylic acids is 1. The summed E-state index contributed by atoms with van der Waals surface area (Å²) in [7, 11) is 0. The Balaban J connectivity index is 2.62.